The Morgan fingerprint density at radius 2 is 2.10 bits per heavy atom. The van der Waals surface area contributed by atoms with Crippen LogP contribution in [0.1, 0.15) is 27.0 Å². The Morgan fingerprint density at radius 1 is 1.33 bits per heavy atom. The smallest absolute Gasteiger partial charge is 0.248 e. The molecule has 2 aromatic rings. The highest BCUT2D eigenvalue weighted by atomic mass is 19.1. The summed E-state index contributed by atoms with van der Waals surface area (Å²) in [5.41, 5.74) is 8.27. The fourth-order valence-electron chi connectivity index (χ4n) is 1.97. The number of amides is 1. The van der Waals surface area contributed by atoms with Gasteiger partial charge in [0.05, 0.1) is 5.56 Å². The Kier molecular flexibility index (Phi) is 4.19. The van der Waals surface area contributed by atoms with E-state index in [4.69, 9.17) is 11.0 Å². The van der Waals surface area contributed by atoms with Gasteiger partial charge in [-0.1, -0.05) is 6.07 Å². The molecule has 0 bridgehead atoms. The molecule has 0 heterocycles. The fourth-order valence-corrected chi connectivity index (χ4v) is 1.97. The molecule has 4 nitrogen and oxygen atoms in total. The molecule has 0 atom stereocenters. The zero-order valence-corrected chi connectivity index (χ0v) is 11.5. The Labute approximate surface area is 122 Å². The van der Waals surface area contributed by atoms with Crippen LogP contribution >= 0.6 is 0 Å². The third kappa shape index (κ3) is 3.37. The van der Waals surface area contributed by atoms with Gasteiger partial charge < -0.3 is 11.1 Å². The third-order valence-corrected chi connectivity index (χ3v) is 3.20. The molecule has 2 rings (SSSR count). The molecule has 0 aliphatic carbocycles. The quantitative estimate of drug-likeness (QED) is 0.905. The number of halogens is 1. The summed E-state index contributed by atoms with van der Waals surface area (Å²) >= 11 is 0. The average Bonchev–Trinajstić information content (AvgIpc) is 2.47. The lowest BCUT2D eigenvalue weighted by Crippen LogP contribution is -2.11. The van der Waals surface area contributed by atoms with E-state index in [0.717, 1.165) is 11.1 Å². The van der Waals surface area contributed by atoms with Crippen LogP contribution in [0, 0.1) is 24.1 Å². The lowest BCUT2D eigenvalue weighted by molar-refractivity contribution is 0.1000. The topological polar surface area (TPSA) is 78.9 Å². The van der Waals surface area contributed by atoms with E-state index in [1.807, 2.05) is 13.0 Å². The molecule has 0 saturated carbocycles. The van der Waals surface area contributed by atoms with E-state index in [-0.39, 0.29) is 5.56 Å². The van der Waals surface area contributed by atoms with Crippen molar-refractivity contribution in [3.63, 3.8) is 0 Å². The van der Waals surface area contributed by atoms with Crippen molar-refractivity contribution in [3.05, 3.63) is 64.5 Å². The number of hydrogen-bond donors (Lipinski definition) is 2. The molecule has 2 aromatic carbocycles. The molecular weight excluding hydrogens is 269 g/mol. The number of nitrogens with two attached hydrogens (primary N) is 1. The van der Waals surface area contributed by atoms with Gasteiger partial charge in [-0.2, -0.15) is 5.26 Å². The number of benzene rings is 2. The summed E-state index contributed by atoms with van der Waals surface area (Å²) in [5.74, 6) is -1.00. The van der Waals surface area contributed by atoms with Gasteiger partial charge in [0.1, 0.15) is 11.9 Å². The van der Waals surface area contributed by atoms with E-state index in [2.05, 4.69) is 5.32 Å². The number of nitrogens with zero attached hydrogens (tertiary/aromatic N) is 1. The number of rotatable bonds is 4. The van der Waals surface area contributed by atoms with Gasteiger partial charge in [0, 0.05) is 17.8 Å². The van der Waals surface area contributed by atoms with Crippen molar-refractivity contribution < 1.29 is 9.18 Å². The summed E-state index contributed by atoms with van der Waals surface area (Å²) in [6.45, 7) is 2.39. The van der Waals surface area contributed by atoms with Crippen LogP contribution in [0.4, 0.5) is 10.1 Å². The van der Waals surface area contributed by atoms with Crippen molar-refractivity contribution in [2.45, 2.75) is 13.5 Å². The molecule has 0 unspecified atom stereocenters. The summed E-state index contributed by atoms with van der Waals surface area (Å²) < 4.78 is 13.2. The van der Waals surface area contributed by atoms with Gasteiger partial charge in [0.2, 0.25) is 5.91 Å². The van der Waals surface area contributed by atoms with Crippen LogP contribution < -0.4 is 11.1 Å². The van der Waals surface area contributed by atoms with Gasteiger partial charge in [-0.15, -0.1) is 0 Å². The predicted molar refractivity (Wildman–Crippen MR) is 78.1 cm³/mol. The minimum absolute atomic E-state index is 0.000739. The van der Waals surface area contributed by atoms with Gasteiger partial charge in [0.25, 0.3) is 0 Å². The summed E-state index contributed by atoms with van der Waals surface area (Å²) in [6.07, 6.45) is 0. The van der Waals surface area contributed by atoms with E-state index < -0.39 is 11.7 Å². The summed E-state index contributed by atoms with van der Waals surface area (Å²) in [4.78, 5) is 11.1. The first-order valence-electron chi connectivity index (χ1n) is 6.34. The molecule has 0 fully saturated rings. The van der Waals surface area contributed by atoms with Crippen LogP contribution in [0.5, 0.6) is 0 Å². The van der Waals surface area contributed by atoms with E-state index in [0.29, 0.717) is 17.8 Å². The first-order chi connectivity index (χ1) is 10.0. The minimum Gasteiger partial charge on any atom is -0.381 e. The largest absolute Gasteiger partial charge is 0.381 e. The normalized spacial score (nSPS) is 9.95. The average molecular weight is 283 g/mol. The lowest BCUT2D eigenvalue weighted by atomic mass is 10.0. The van der Waals surface area contributed by atoms with Gasteiger partial charge in [-0.05, 0) is 48.4 Å². The zero-order valence-electron chi connectivity index (χ0n) is 11.5. The third-order valence-electron chi connectivity index (χ3n) is 3.20. The predicted octanol–water partition coefficient (Wildman–Crippen LogP) is 2.72. The van der Waals surface area contributed by atoms with Crippen LogP contribution in [-0.4, -0.2) is 5.91 Å². The molecule has 5 heteroatoms. The lowest BCUT2D eigenvalue weighted by Gasteiger charge is -2.10. The maximum atomic E-state index is 13.2. The zero-order chi connectivity index (χ0) is 15.4. The van der Waals surface area contributed by atoms with E-state index in [1.165, 1.54) is 12.1 Å². The van der Waals surface area contributed by atoms with Crippen molar-refractivity contribution in [2.75, 3.05) is 5.32 Å². The Hall–Kier alpha value is -2.87. The molecule has 0 saturated heterocycles. The number of nitriles is 1. The van der Waals surface area contributed by atoms with E-state index in [1.54, 1.807) is 24.3 Å². The van der Waals surface area contributed by atoms with Crippen LogP contribution in [-0.2, 0) is 6.54 Å². The second kappa shape index (κ2) is 6.06. The SMILES string of the molecule is Cc1cc(C(N)=O)ccc1CNc1ccc(F)c(C#N)c1. The van der Waals surface area contributed by atoms with Crippen LogP contribution in [0.25, 0.3) is 0 Å². The first-order valence-corrected chi connectivity index (χ1v) is 6.34. The number of carbonyl (C=O) groups excluding carboxylic acids is 1. The second-order valence-corrected chi connectivity index (χ2v) is 4.67. The molecule has 0 aliphatic rings. The van der Waals surface area contributed by atoms with Crippen molar-refractivity contribution in [1.82, 2.24) is 0 Å². The van der Waals surface area contributed by atoms with Crippen LogP contribution in [0.2, 0.25) is 0 Å². The maximum Gasteiger partial charge on any atom is 0.248 e. The van der Waals surface area contributed by atoms with Gasteiger partial charge in [0.15, 0.2) is 0 Å². The number of nitrogens with one attached hydrogen (secondary N) is 1. The summed E-state index contributed by atoms with van der Waals surface area (Å²) in [5, 5.41) is 11.9. The Balaban J connectivity index is 2.13. The Bertz CT molecular complexity index is 735. The maximum absolute atomic E-state index is 13.2. The monoisotopic (exact) mass is 283 g/mol. The standard InChI is InChI=1S/C16H14FN3O/c1-10-6-11(16(19)21)2-3-12(10)9-20-14-4-5-15(17)13(7-14)8-18/h2-7,20H,9H2,1H3,(H2,19,21). The van der Waals surface area contributed by atoms with Crippen LogP contribution in [0.15, 0.2) is 36.4 Å². The Morgan fingerprint density at radius 3 is 2.71 bits per heavy atom. The van der Waals surface area contributed by atoms with E-state index >= 15 is 0 Å². The highest BCUT2D eigenvalue weighted by Crippen LogP contribution is 2.17. The molecular formula is C16H14FN3O. The molecule has 1 amide bonds. The molecule has 106 valence electrons. The molecule has 3 N–H and O–H groups in total. The van der Waals surface area contributed by atoms with Crippen LogP contribution in [0.3, 0.4) is 0 Å². The summed E-state index contributed by atoms with van der Waals surface area (Å²) in [6, 6.07) is 11.3. The molecule has 0 aliphatic heterocycles. The minimum atomic E-state index is -0.537. The summed E-state index contributed by atoms with van der Waals surface area (Å²) in [7, 11) is 0. The van der Waals surface area contributed by atoms with E-state index in [9.17, 15) is 9.18 Å². The number of hydrogen-bond acceptors (Lipinski definition) is 3. The van der Waals surface area contributed by atoms with Gasteiger partial charge in [-0.25, -0.2) is 4.39 Å². The highest BCUT2D eigenvalue weighted by molar-refractivity contribution is 5.93. The van der Waals surface area contributed by atoms with Gasteiger partial charge >= 0.3 is 0 Å². The highest BCUT2D eigenvalue weighted by Gasteiger charge is 2.06. The number of anilines is 1. The molecule has 0 aromatic heterocycles. The van der Waals surface area contributed by atoms with Crippen molar-refractivity contribution in [2.24, 2.45) is 5.73 Å². The second-order valence-electron chi connectivity index (χ2n) is 4.67. The molecule has 21 heavy (non-hydrogen) atoms. The number of aryl methyl sites for hydroxylation is 1. The molecule has 0 spiro atoms. The number of primary amides is 1. The van der Waals surface area contributed by atoms with Crippen molar-refractivity contribution in [3.8, 4) is 6.07 Å². The number of carbonyl (C=O) groups is 1. The van der Waals surface area contributed by atoms with Crippen molar-refractivity contribution in [1.29, 1.82) is 5.26 Å². The van der Waals surface area contributed by atoms with Gasteiger partial charge in [-0.3, -0.25) is 4.79 Å². The first kappa shape index (κ1) is 14.5. The molecule has 0 radical (unpaired) electrons. The van der Waals surface area contributed by atoms with Crippen molar-refractivity contribution >= 4 is 11.6 Å². The fraction of sp³-hybridized carbons (Fsp3) is 0.125.